The van der Waals surface area contributed by atoms with Crippen molar-refractivity contribution in [1.29, 1.82) is 0 Å². The number of amides is 1. The summed E-state index contributed by atoms with van der Waals surface area (Å²) >= 11 is 0. The normalized spacial score (nSPS) is 11.3. The third-order valence-electron chi connectivity index (χ3n) is 3.42. The highest BCUT2D eigenvalue weighted by atomic mass is 32.2. The van der Waals surface area contributed by atoms with E-state index in [4.69, 9.17) is 0 Å². The van der Waals surface area contributed by atoms with Gasteiger partial charge in [0.25, 0.3) is 5.69 Å². The minimum atomic E-state index is -4.29. The van der Waals surface area contributed by atoms with Gasteiger partial charge in [-0.3, -0.25) is 14.9 Å². The monoisotopic (exact) mass is 403 g/mol. The van der Waals surface area contributed by atoms with Crippen LogP contribution in [-0.4, -0.2) is 25.8 Å². The fraction of sp³-hybridized carbons (Fsp3) is 0.133. The van der Waals surface area contributed by atoms with Crippen LogP contribution >= 0.6 is 0 Å². The Labute approximate surface area is 151 Å². The molecule has 144 valence electrons. The summed E-state index contributed by atoms with van der Waals surface area (Å²) in [5.41, 5.74) is -0.860. The number of nitrogens with zero attached hydrogens (tertiary/aromatic N) is 1. The van der Waals surface area contributed by atoms with Crippen molar-refractivity contribution in [3.8, 4) is 0 Å². The molecule has 0 fully saturated rings. The third kappa shape index (κ3) is 4.60. The summed E-state index contributed by atoms with van der Waals surface area (Å²) in [6, 6.07) is 4.51. The predicted octanol–water partition coefficient (Wildman–Crippen LogP) is 2.24. The second-order valence-electron chi connectivity index (χ2n) is 5.30. The molecule has 2 rings (SSSR count). The molecule has 0 aliphatic rings. The van der Waals surface area contributed by atoms with E-state index in [2.05, 4.69) is 0 Å². The fourth-order valence-electron chi connectivity index (χ4n) is 2.01. The molecule has 0 saturated carbocycles. The van der Waals surface area contributed by atoms with E-state index in [1.54, 1.807) is 0 Å². The molecule has 27 heavy (non-hydrogen) atoms. The van der Waals surface area contributed by atoms with Crippen molar-refractivity contribution in [3.63, 3.8) is 0 Å². The number of aryl methyl sites for hydroxylation is 1. The molecule has 0 bridgehead atoms. The Bertz CT molecular complexity index is 1030. The van der Waals surface area contributed by atoms with E-state index >= 15 is 0 Å². The largest absolute Gasteiger partial charge is 0.322 e. The summed E-state index contributed by atoms with van der Waals surface area (Å²) < 4.78 is 65.6. The van der Waals surface area contributed by atoms with Gasteiger partial charge in [0.1, 0.15) is 0 Å². The Morgan fingerprint density at radius 1 is 1.15 bits per heavy atom. The van der Waals surface area contributed by atoms with Crippen LogP contribution in [0.1, 0.15) is 5.56 Å². The number of nitro groups is 1. The van der Waals surface area contributed by atoms with Gasteiger partial charge in [-0.1, -0.05) is 6.07 Å². The Morgan fingerprint density at radius 2 is 1.81 bits per heavy atom. The number of benzene rings is 2. The molecule has 2 aromatic rings. The minimum Gasteiger partial charge on any atom is -0.322 e. The average Bonchev–Trinajstić information content (AvgIpc) is 2.60. The lowest BCUT2D eigenvalue weighted by Gasteiger charge is -2.09. The third-order valence-corrected chi connectivity index (χ3v) is 4.82. The lowest BCUT2D eigenvalue weighted by molar-refractivity contribution is -0.385. The van der Waals surface area contributed by atoms with Gasteiger partial charge >= 0.3 is 0 Å². The van der Waals surface area contributed by atoms with Gasteiger partial charge in [0, 0.05) is 11.6 Å². The molecule has 0 unspecified atom stereocenters. The molecule has 0 aromatic heterocycles. The molecule has 2 aromatic carbocycles. The molecular weight excluding hydrogens is 391 g/mol. The second kappa shape index (κ2) is 7.72. The Hall–Kier alpha value is -2.99. The molecule has 0 radical (unpaired) electrons. The van der Waals surface area contributed by atoms with Crippen LogP contribution in [0, 0.1) is 34.5 Å². The van der Waals surface area contributed by atoms with Gasteiger partial charge in [-0.2, -0.15) is 0 Å². The van der Waals surface area contributed by atoms with Gasteiger partial charge in [0.2, 0.25) is 15.9 Å². The molecule has 0 heterocycles. The Kier molecular flexibility index (Phi) is 5.81. The summed E-state index contributed by atoms with van der Waals surface area (Å²) in [5, 5.41) is 12.8. The van der Waals surface area contributed by atoms with Crippen molar-refractivity contribution in [2.24, 2.45) is 0 Å². The SMILES string of the molecule is Cc1ccc(S(=O)(=O)NCC(=O)Nc2ccc(F)c(F)c2F)cc1[N+](=O)[O-]. The van der Waals surface area contributed by atoms with Crippen molar-refractivity contribution in [2.75, 3.05) is 11.9 Å². The van der Waals surface area contributed by atoms with Crippen molar-refractivity contribution in [1.82, 2.24) is 4.72 Å². The van der Waals surface area contributed by atoms with Gasteiger partial charge in [-0.25, -0.2) is 26.3 Å². The van der Waals surface area contributed by atoms with Gasteiger partial charge in [-0.05, 0) is 25.1 Å². The number of carbonyl (C=O) groups is 1. The van der Waals surface area contributed by atoms with Crippen LogP contribution < -0.4 is 10.0 Å². The fourth-order valence-corrected chi connectivity index (χ4v) is 3.02. The lowest BCUT2D eigenvalue weighted by Crippen LogP contribution is -2.33. The molecule has 12 heteroatoms. The number of anilines is 1. The first-order chi connectivity index (χ1) is 12.5. The molecular formula is C15H12F3N3O5S. The van der Waals surface area contributed by atoms with Crippen molar-refractivity contribution >= 4 is 27.3 Å². The molecule has 1 amide bonds. The minimum absolute atomic E-state index is 0.241. The van der Waals surface area contributed by atoms with Crippen LogP contribution in [-0.2, 0) is 14.8 Å². The van der Waals surface area contributed by atoms with Crippen molar-refractivity contribution in [3.05, 3.63) is 63.5 Å². The van der Waals surface area contributed by atoms with Crippen LogP contribution in [0.4, 0.5) is 24.5 Å². The van der Waals surface area contributed by atoms with E-state index < -0.39 is 61.1 Å². The van der Waals surface area contributed by atoms with Crippen molar-refractivity contribution in [2.45, 2.75) is 11.8 Å². The van der Waals surface area contributed by atoms with Crippen LogP contribution in [0.15, 0.2) is 35.2 Å². The quantitative estimate of drug-likeness (QED) is 0.436. The van der Waals surface area contributed by atoms with Gasteiger partial charge in [-0.15, -0.1) is 0 Å². The smallest absolute Gasteiger partial charge is 0.273 e. The first kappa shape index (κ1) is 20.3. The summed E-state index contributed by atoms with van der Waals surface area (Å²) in [6.45, 7) is 0.550. The van der Waals surface area contributed by atoms with Crippen LogP contribution in [0.5, 0.6) is 0 Å². The number of rotatable bonds is 6. The van der Waals surface area contributed by atoms with E-state index in [0.29, 0.717) is 6.07 Å². The average molecular weight is 403 g/mol. The zero-order valence-electron chi connectivity index (χ0n) is 13.6. The number of halogens is 3. The van der Waals surface area contributed by atoms with Crippen LogP contribution in [0.2, 0.25) is 0 Å². The number of hydrogen-bond acceptors (Lipinski definition) is 5. The van der Waals surface area contributed by atoms with Gasteiger partial charge in [0.05, 0.1) is 22.1 Å². The maximum Gasteiger partial charge on any atom is 0.273 e. The summed E-state index contributed by atoms with van der Waals surface area (Å²) in [5.74, 6) is -5.95. The van der Waals surface area contributed by atoms with E-state index in [-0.39, 0.29) is 5.56 Å². The standard InChI is InChI=1S/C15H12F3N3O5S/c1-8-2-3-9(6-12(8)21(23)24)27(25,26)19-7-13(22)20-11-5-4-10(16)14(17)15(11)18/h2-6,19H,7H2,1H3,(H,20,22). The zero-order valence-corrected chi connectivity index (χ0v) is 14.4. The zero-order chi connectivity index (χ0) is 20.4. The number of sulfonamides is 1. The number of nitro benzene ring substituents is 1. The van der Waals surface area contributed by atoms with E-state index in [1.165, 1.54) is 13.0 Å². The number of hydrogen-bond donors (Lipinski definition) is 2. The highest BCUT2D eigenvalue weighted by molar-refractivity contribution is 7.89. The van der Waals surface area contributed by atoms with Crippen molar-refractivity contribution < 1.29 is 31.3 Å². The Morgan fingerprint density at radius 3 is 2.44 bits per heavy atom. The first-order valence-electron chi connectivity index (χ1n) is 7.21. The highest BCUT2D eigenvalue weighted by Gasteiger charge is 2.21. The maximum absolute atomic E-state index is 13.5. The van der Waals surface area contributed by atoms with Gasteiger partial charge in [0.15, 0.2) is 17.5 Å². The molecule has 8 nitrogen and oxygen atoms in total. The lowest BCUT2D eigenvalue weighted by atomic mass is 10.2. The molecule has 0 spiro atoms. The molecule has 2 N–H and O–H groups in total. The summed E-state index contributed by atoms with van der Waals surface area (Å²) in [6.07, 6.45) is 0. The predicted molar refractivity (Wildman–Crippen MR) is 88.0 cm³/mol. The molecule has 0 saturated heterocycles. The highest BCUT2D eigenvalue weighted by Crippen LogP contribution is 2.22. The topological polar surface area (TPSA) is 118 Å². The molecule has 0 aliphatic carbocycles. The molecule has 0 atom stereocenters. The Balaban J connectivity index is 2.11. The number of carbonyl (C=O) groups excluding carboxylic acids is 1. The molecule has 0 aliphatic heterocycles. The summed E-state index contributed by atoms with van der Waals surface area (Å²) in [7, 11) is -4.29. The van der Waals surface area contributed by atoms with Gasteiger partial charge < -0.3 is 5.32 Å². The second-order valence-corrected chi connectivity index (χ2v) is 7.07. The maximum atomic E-state index is 13.5. The van der Waals surface area contributed by atoms with E-state index in [1.807, 2.05) is 10.0 Å². The van der Waals surface area contributed by atoms with E-state index in [0.717, 1.165) is 18.2 Å². The van der Waals surface area contributed by atoms with Crippen LogP contribution in [0.25, 0.3) is 0 Å². The summed E-state index contributed by atoms with van der Waals surface area (Å²) in [4.78, 5) is 21.4. The number of nitrogens with one attached hydrogen (secondary N) is 2. The first-order valence-corrected chi connectivity index (χ1v) is 8.69. The van der Waals surface area contributed by atoms with E-state index in [9.17, 15) is 36.5 Å². The van der Waals surface area contributed by atoms with Crippen LogP contribution in [0.3, 0.4) is 0 Å².